The van der Waals surface area contributed by atoms with Gasteiger partial charge in [0.15, 0.2) is 0 Å². The van der Waals surface area contributed by atoms with Crippen molar-refractivity contribution >= 4 is 11.6 Å². The molecule has 0 heterocycles. The molecule has 0 unspecified atom stereocenters. The van der Waals surface area contributed by atoms with Crippen LogP contribution < -0.4 is 0 Å². The highest BCUT2D eigenvalue weighted by molar-refractivity contribution is 6.30. The van der Waals surface area contributed by atoms with Gasteiger partial charge in [-0.05, 0) is 30.0 Å². The number of rotatable bonds is 2. The van der Waals surface area contributed by atoms with Gasteiger partial charge in [0.05, 0.1) is 5.02 Å². The molecule has 0 aliphatic rings. The lowest BCUT2D eigenvalue weighted by Gasteiger charge is -2.10. The van der Waals surface area contributed by atoms with Crippen molar-refractivity contribution in [3.8, 4) is 0 Å². The Balaban J connectivity index is 3.20. The van der Waals surface area contributed by atoms with Gasteiger partial charge < -0.3 is 0 Å². The molecule has 72 valence electrons. The second-order valence-corrected chi connectivity index (χ2v) is 3.51. The molecule has 1 atom stereocenters. The maximum atomic E-state index is 13.3. The summed E-state index contributed by atoms with van der Waals surface area (Å²) in [6.07, 6.45) is 0.761. The first-order valence-electron chi connectivity index (χ1n) is 4.20. The number of halogens is 3. The molecule has 0 nitrogen and oxygen atoms in total. The first-order valence-corrected chi connectivity index (χ1v) is 4.58. The minimum atomic E-state index is -0.502. The van der Waals surface area contributed by atoms with Crippen molar-refractivity contribution in [2.45, 2.75) is 26.2 Å². The van der Waals surface area contributed by atoms with Crippen LogP contribution in [0.3, 0.4) is 0 Å². The first kappa shape index (κ1) is 10.5. The van der Waals surface area contributed by atoms with Crippen LogP contribution in [-0.4, -0.2) is 0 Å². The molecule has 0 spiro atoms. The van der Waals surface area contributed by atoms with Crippen LogP contribution in [0.2, 0.25) is 5.02 Å². The van der Waals surface area contributed by atoms with Gasteiger partial charge in [-0.2, -0.15) is 0 Å². The van der Waals surface area contributed by atoms with E-state index in [-0.39, 0.29) is 10.9 Å². The molecule has 1 rings (SSSR count). The minimum absolute atomic E-state index is 0.00630. The highest BCUT2D eigenvalue weighted by atomic mass is 35.5. The molecule has 0 bridgehead atoms. The van der Waals surface area contributed by atoms with Crippen LogP contribution in [0.1, 0.15) is 31.7 Å². The van der Waals surface area contributed by atoms with Crippen LogP contribution >= 0.6 is 11.6 Å². The van der Waals surface area contributed by atoms with E-state index in [1.165, 1.54) is 6.07 Å². The predicted octanol–water partition coefficient (Wildman–Crippen LogP) is 4.13. The third-order valence-corrected chi connectivity index (χ3v) is 2.44. The lowest BCUT2D eigenvalue weighted by molar-refractivity contribution is 0.564. The monoisotopic (exact) mass is 204 g/mol. The topological polar surface area (TPSA) is 0 Å². The number of hydrogen-bond donors (Lipinski definition) is 0. The first-order chi connectivity index (χ1) is 6.06. The molecule has 0 fully saturated rings. The molecule has 13 heavy (non-hydrogen) atoms. The Morgan fingerprint density at radius 3 is 2.54 bits per heavy atom. The molecule has 3 heteroatoms. The van der Waals surface area contributed by atoms with Crippen LogP contribution in [0.5, 0.6) is 0 Å². The van der Waals surface area contributed by atoms with Gasteiger partial charge in [-0.15, -0.1) is 0 Å². The van der Waals surface area contributed by atoms with Gasteiger partial charge in [0.1, 0.15) is 11.6 Å². The van der Waals surface area contributed by atoms with Crippen molar-refractivity contribution < 1.29 is 8.78 Å². The highest BCUT2D eigenvalue weighted by Gasteiger charge is 2.13. The van der Waals surface area contributed by atoms with Crippen molar-refractivity contribution in [2.24, 2.45) is 0 Å². The fraction of sp³-hybridized carbons (Fsp3) is 0.400. The molecule has 0 aliphatic heterocycles. The second-order valence-electron chi connectivity index (χ2n) is 3.10. The fourth-order valence-electron chi connectivity index (χ4n) is 1.15. The Hall–Kier alpha value is -0.630. The maximum Gasteiger partial charge on any atom is 0.145 e. The number of benzene rings is 1. The molecule has 0 saturated heterocycles. The molecule has 0 N–H and O–H groups in total. The molecule has 1 aromatic carbocycles. The van der Waals surface area contributed by atoms with E-state index in [0.717, 1.165) is 12.5 Å². The van der Waals surface area contributed by atoms with E-state index in [0.29, 0.717) is 5.56 Å². The Morgan fingerprint density at radius 1 is 1.38 bits per heavy atom. The fourth-order valence-corrected chi connectivity index (χ4v) is 1.37. The minimum Gasteiger partial charge on any atom is -0.207 e. The van der Waals surface area contributed by atoms with Gasteiger partial charge >= 0.3 is 0 Å². The Bertz CT molecular complexity index is 310. The Labute approximate surface area is 81.5 Å². The zero-order chi connectivity index (χ0) is 10.0. The van der Waals surface area contributed by atoms with Crippen molar-refractivity contribution in [3.05, 3.63) is 34.4 Å². The van der Waals surface area contributed by atoms with E-state index in [2.05, 4.69) is 0 Å². The highest BCUT2D eigenvalue weighted by Crippen LogP contribution is 2.27. The maximum absolute atomic E-state index is 13.3. The van der Waals surface area contributed by atoms with Gasteiger partial charge in [0.2, 0.25) is 0 Å². The van der Waals surface area contributed by atoms with Crippen LogP contribution in [-0.2, 0) is 0 Å². The van der Waals surface area contributed by atoms with Crippen LogP contribution in [0.4, 0.5) is 8.78 Å². The molecule has 0 amide bonds. The molecule has 0 aromatic heterocycles. The third-order valence-electron chi connectivity index (χ3n) is 2.16. The van der Waals surface area contributed by atoms with E-state index in [1.54, 1.807) is 0 Å². The summed E-state index contributed by atoms with van der Waals surface area (Å²) in [4.78, 5) is 0. The molecular weight excluding hydrogens is 194 g/mol. The quantitative estimate of drug-likeness (QED) is 0.636. The van der Waals surface area contributed by atoms with E-state index in [1.807, 2.05) is 13.8 Å². The van der Waals surface area contributed by atoms with Gasteiger partial charge in [-0.1, -0.05) is 25.4 Å². The zero-order valence-corrected chi connectivity index (χ0v) is 8.33. The average molecular weight is 205 g/mol. The average Bonchev–Trinajstić information content (AvgIpc) is 2.10. The molecule has 1 aromatic rings. The summed E-state index contributed by atoms with van der Waals surface area (Å²) in [6.45, 7) is 3.76. The second kappa shape index (κ2) is 4.05. The Kier molecular flexibility index (Phi) is 3.26. The summed E-state index contributed by atoms with van der Waals surface area (Å²) in [6, 6.07) is 2.19. The lowest BCUT2D eigenvalue weighted by atomic mass is 9.98. The summed E-state index contributed by atoms with van der Waals surface area (Å²) in [5.74, 6) is -0.993. The van der Waals surface area contributed by atoms with Crippen LogP contribution in [0.25, 0.3) is 0 Å². The zero-order valence-electron chi connectivity index (χ0n) is 7.57. The largest absolute Gasteiger partial charge is 0.207 e. The number of hydrogen-bond acceptors (Lipinski definition) is 0. The normalized spacial score (nSPS) is 13.0. The SMILES string of the molecule is CC[C@H](C)c1cc(F)cc(Cl)c1F. The van der Waals surface area contributed by atoms with Gasteiger partial charge in [0, 0.05) is 0 Å². The van der Waals surface area contributed by atoms with Gasteiger partial charge in [-0.25, -0.2) is 8.78 Å². The van der Waals surface area contributed by atoms with Crippen molar-refractivity contribution in [1.29, 1.82) is 0 Å². The van der Waals surface area contributed by atoms with E-state index in [9.17, 15) is 8.78 Å². The predicted molar refractivity (Wildman–Crippen MR) is 50.1 cm³/mol. The van der Waals surface area contributed by atoms with Crippen molar-refractivity contribution in [2.75, 3.05) is 0 Å². The summed E-state index contributed by atoms with van der Waals surface area (Å²) in [5, 5.41) is -0.143. The molecule has 0 aliphatic carbocycles. The van der Waals surface area contributed by atoms with Crippen LogP contribution in [0.15, 0.2) is 12.1 Å². The Morgan fingerprint density at radius 2 is 2.00 bits per heavy atom. The lowest BCUT2D eigenvalue weighted by Crippen LogP contribution is -1.97. The molecular formula is C10H11ClF2. The third kappa shape index (κ3) is 2.19. The summed E-state index contributed by atoms with van der Waals surface area (Å²) < 4.78 is 26.2. The van der Waals surface area contributed by atoms with Crippen molar-refractivity contribution in [1.82, 2.24) is 0 Å². The molecule has 0 saturated carbocycles. The van der Waals surface area contributed by atoms with Gasteiger partial charge in [-0.3, -0.25) is 0 Å². The van der Waals surface area contributed by atoms with E-state index < -0.39 is 11.6 Å². The van der Waals surface area contributed by atoms with E-state index in [4.69, 9.17) is 11.6 Å². The van der Waals surface area contributed by atoms with E-state index >= 15 is 0 Å². The summed E-state index contributed by atoms with van der Waals surface area (Å²) in [5.41, 5.74) is 0.354. The summed E-state index contributed by atoms with van der Waals surface area (Å²) in [7, 11) is 0. The van der Waals surface area contributed by atoms with Crippen LogP contribution in [0, 0.1) is 11.6 Å². The smallest absolute Gasteiger partial charge is 0.145 e. The standard InChI is InChI=1S/C10H11ClF2/c1-3-6(2)8-4-7(12)5-9(11)10(8)13/h4-6H,3H2,1-2H3/t6-/m0/s1. The molecule has 0 radical (unpaired) electrons. The van der Waals surface area contributed by atoms with Gasteiger partial charge in [0.25, 0.3) is 0 Å². The van der Waals surface area contributed by atoms with Crippen molar-refractivity contribution in [3.63, 3.8) is 0 Å². The summed E-state index contributed by atoms with van der Waals surface area (Å²) >= 11 is 5.51.